The first kappa shape index (κ1) is 8.56. The summed E-state index contributed by atoms with van der Waals surface area (Å²) in [6.07, 6.45) is -0.468. The molecule has 1 nitrogen and oxygen atoms in total. The Morgan fingerprint density at radius 1 is 1.18 bits per heavy atom. The molecule has 64 valence electrons. The van der Waals surface area contributed by atoms with Crippen LogP contribution in [0.15, 0.2) is 4.99 Å². The van der Waals surface area contributed by atoms with Crippen molar-refractivity contribution >= 4 is 6.21 Å². The molecule has 0 aromatic carbocycles. The van der Waals surface area contributed by atoms with Gasteiger partial charge >= 0.3 is 6.18 Å². The van der Waals surface area contributed by atoms with Gasteiger partial charge < -0.3 is 0 Å². The van der Waals surface area contributed by atoms with E-state index in [9.17, 15) is 13.2 Å². The van der Waals surface area contributed by atoms with E-state index < -0.39 is 6.18 Å². The Labute approximate surface area is 63.3 Å². The fourth-order valence-electron chi connectivity index (χ4n) is 1.24. The van der Waals surface area contributed by atoms with E-state index in [-0.39, 0.29) is 12.3 Å². The quantitative estimate of drug-likeness (QED) is 0.529. The van der Waals surface area contributed by atoms with Crippen molar-refractivity contribution in [3.63, 3.8) is 0 Å². The number of alkyl halides is 3. The van der Waals surface area contributed by atoms with Gasteiger partial charge in [-0.1, -0.05) is 12.8 Å². The molecule has 0 N–H and O–H groups in total. The summed E-state index contributed by atoms with van der Waals surface area (Å²) in [6, 6.07) is -0.0726. The molecule has 0 amide bonds. The molecule has 0 radical (unpaired) electrons. The molecule has 0 unspecified atom stereocenters. The third kappa shape index (κ3) is 3.39. The van der Waals surface area contributed by atoms with Crippen LogP contribution in [0.25, 0.3) is 0 Å². The van der Waals surface area contributed by atoms with E-state index in [1.165, 1.54) is 0 Å². The Balaban J connectivity index is 2.34. The van der Waals surface area contributed by atoms with Crippen molar-refractivity contribution < 1.29 is 13.2 Å². The topological polar surface area (TPSA) is 12.4 Å². The number of nitrogens with zero attached hydrogens (tertiary/aromatic N) is 1. The minimum absolute atomic E-state index is 0.0726. The lowest BCUT2D eigenvalue weighted by molar-refractivity contribution is -0.0539. The highest BCUT2D eigenvalue weighted by Crippen LogP contribution is 2.21. The Hall–Kier alpha value is -0.540. The lowest BCUT2D eigenvalue weighted by Gasteiger charge is -2.01. The molecule has 0 spiro atoms. The monoisotopic (exact) mass is 165 g/mol. The van der Waals surface area contributed by atoms with Crippen LogP contribution in [0.3, 0.4) is 0 Å². The second-order valence-corrected chi connectivity index (χ2v) is 2.76. The fourth-order valence-corrected chi connectivity index (χ4v) is 1.24. The maximum atomic E-state index is 11.6. The molecular formula is C7H10F3N. The largest absolute Gasteiger partial charge is 0.426 e. The van der Waals surface area contributed by atoms with Crippen molar-refractivity contribution in [3.05, 3.63) is 0 Å². The molecule has 0 atom stereocenters. The van der Waals surface area contributed by atoms with Crippen LogP contribution in [0.4, 0.5) is 13.2 Å². The predicted octanol–water partition coefficient (Wildman–Crippen LogP) is 2.56. The van der Waals surface area contributed by atoms with E-state index in [2.05, 4.69) is 4.99 Å². The number of rotatable bonds is 1. The zero-order valence-electron chi connectivity index (χ0n) is 6.06. The van der Waals surface area contributed by atoms with Crippen molar-refractivity contribution in [3.8, 4) is 0 Å². The summed E-state index contributed by atoms with van der Waals surface area (Å²) in [4.78, 5) is 3.44. The van der Waals surface area contributed by atoms with Gasteiger partial charge in [-0.2, -0.15) is 13.2 Å². The average molecular weight is 165 g/mol. The van der Waals surface area contributed by atoms with Crippen molar-refractivity contribution in [1.29, 1.82) is 0 Å². The average Bonchev–Trinajstić information content (AvgIpc) is 2.32. The van der Waals surface area contributed by atoms with Gasteiger partial charge in [0.05, 0.1) is 0 Å². The third-order valence-corrected chi connectivity index (χ3v) is 1.76. The molecule has 0 heterocycles. The summed E-state index contributed by atoms with van der Waals surface area (Å²) in [5, 5.41) is 0. The molecular weight excluding hydrogens is 155 g/mol. The lowest BCUT2D eigenvalue weighted by atomic mass is 10.3. The highest BCUT2D eigenvalue weighted by molar-refractivity contribution is 5.64. The Morgan fingerprint density at radius 3 is 2.18 bits per heavy atom. The number of hydrogen-bond acceptors (Lipinski definition) is 1. The first-order valence-corrected chi connectivity index (χ1v) is 3.69. The maximum Gasteiger partial charge on any atom is 0.426 e. The van der Waals surface area contributed by atoms with Gasteiger partial charge in [-0.3, -0.25) is 4.99 Å². The third-order valence-electron chi connectivity index (χ3n) is 1.76. The molecule has 1 aliphatic rings. The van der Waals surface area contributed by atoms with Crippen LogP contribution in [0.2, 0.25) is 0 Å². The van der Waals surface area contributed by atoms with Crippen LogP contribution in [-0.2, 0) is 0 Å². The molecule has 11 heavy (non-hydrogen) atoms. The first-order valence-electron chi connectivity index (χ1n) is 3.69. The molecule has 1 aliphatic carbocycles. The van der Waals surface area contributed by atoms with Gasteiger partial charge in [0.15, 0.2) is 0 Å². The second-order valence-electron chi connectivity index (χ2n) is 2.76. The predicted molar refractivity (Wildman–Crippen MR) is 36.8 cm³/mol. The normalized spacial score (nSPS) is 21.7. The summed E-state index contributed by atoms with van der Waals surface area (Å²) < 4.78 is 34.7. The van der Waals surface area contributed by atoms with Crippen LogP contribution < -0.4 is 0 Å². The highest BCUT2D eigenvalue weighted by atomic mass is 19.4. The molecule has 4 heteroatoms. The van der Waals surface area contributed by atoms with Gasteiger partial charge in [-0.05, 0) is 12.8 Å². The molecule has 0 saturated heterocycles. The minimum Gasteiger partial charge on any atom is -0.285 e. The molecule has 0 aromatic rings. The second kappa shape index (κ2) is 3.24. The van der Waals surface area contributed by atoms with Crippen LogP contribution in [0.5, 0.6) is 0 Å². The Morgan fingerprint density at radius 2 is 1.73 bits per heavy atom. The standard InChI is InChI=1S/C7H10F3N/c8-7(9,10)5-11-6-3-1-2-4-6/h5-6H,1-4H2. The van der Waals surface area contributed by atoms with E-state index in [1.807, 2.05) is 0 Å². The Bertz CT molecular complexity index is 144. The first-order chi connectivity index (χ1) is 5.08. The fraction of sp³-hybridized carbons (Fsp3) is 0.857. The summed E-state index contributed by atoms with van der Waals surface area (Å²) in [5.41, 5.74) is 0. The van der Waals surface area contributed by atoms with E-state index in [1.54, 1.807) is 0 Å². The summed E-state index contributed by atoms with van der Waals surface area (Å²) in [5.74, 6) is 0. The number of aliphatic imine (C=N–C) groups is 1. The van der Waals surface area contributed by atoms with Gasteiger partial charge in [0.2, 0.25) is 0 Å². The van der Waals surface area contributed by atoms with Crippen LogP contribution in [-0.4, -0.2) is 18.4 Å². The smallest absolute Gasteiger partial charge is 0.285 e. The lowest BCUT2D eigenvalue weighted by Crippen LogP contribution is -2.11. The van der Waals surface area contributed by atoms with Gasteiger partial charge in [-0.25, -0.2) is 0 Å². The molecule has 1 fully saturated rings. The van der Waals surface area contributed by atoms with Gasteiger partial charge in [0.1, 0.15) is 6.21 Å². The van der Waals surface area contributed by atoms with Crippen molar-refractivity contribution in [1.82, 2.24) is 0 Å². The van der Waals surface area contributed by atoms with Crippen LogP contribution in [0.1, 0.15) is 25.7 Å². The number of hydrogen-bond donors (Lipinski definition) is 0. The van der Waals surface area contributed by atoms with Crippen molar-refractivity contribution in [2.75, 3.05) is 0 Å². The van der Waals surface area contributed by atoms with Gasteiger partial charge in [-0.15, -0.1) is 0 Å². The summed E-state index contributed by atoms with van der Waals surface area (Å²) in [6.45, 7) is 0. The SMILES string of the molecule is FC(F)(F)C=NC1CCCC1. The molecule has 1 rings (SSSR count). The zero-order valence-corrected chi connectivity index (χ0v) is 6.06. The van der Waals surface area contributed by atoms with Crippen LogP contribution in [0, 0.1) is 0 Å². The highest BCUT2D eigenvalue weighted by Gasteiger charge is 2.24. The van der Waals surface area contributed by atoms with Gasteiger partial charge in [0.25, 0.3) is 0 Å². The minimum atomic E-state index is -4.23. The molecule has 0 aliphatic heterocycles. The zero-order chi connectivity index (χ0) is 8.32. The van der Waals surface area contributed by atoms with Gasteiger partial charge in [0, 0.05) is 6.04 Å². The van der Waals surface area contributed by atoms with E-state index >= 15 is 0 Å². The van der Waals surface area contributed by atoms with Crippen molar-refractivity contribution in [2.45, 2.75) is 37.9 Å². The molecule has 1 saturated carbocycles. The van der Waals surface area contributed by atoms with E-state index in [0.717, 1.165) is 25.7 Å². The number of halogens is 3. The Kier molecular flexibility index (Phi) is 2.52. The van der Waals surface area contributed by atoms with Crippen molar-refractivity contribution in [2.24, 2.45) is 4.99 Å². The maximum absolute atomic E-state index is 11.6. The summed E-state index contributed by atoms with van der Waals surface area (Å²) in [7, 11) is 0. The van der Waals surface area contributed by atoms with E-state index in [0.29, 0.717) is 0 Å². The molecule has 0 aromatic heterocycles. The van der Waals surface area contributed by atoms with E-state index in [4.69, 9.17) is 0 Å². The molecule has 0 bridgehead atoms. The summed E-state index contributed by atoms with van der Waals surface area (Å²) >= 11 is 0. The van der Waals surface area contributed by atoms with Crippen LogP contribution >= 0.6 is 0 Å².